The Morgan fingerprint density at radius 2 is 1.89 bits per heavy atom. The van der Waals surface area contributed by atoms with Gasteiger partial charge in [0.1, 0.15) is 17.4 Å². The van der Waals surface area contributed by atoms with Crippen LogP contribution in [0.1, 0.15) is 5.56 Å². The van der Waals surface area contributed by atoms with Gasteiger partial charge in [-0.25, -0.2) is 14.8 Å². The Labute approximate surface area is 199 Å². The van der Waals surface area contributed by atoms with Gasteiger partial charge in [0, 0.05) is 51.2 Å². The number of halogens is 3. The quantitative estimate of drug-likeness (QED) is 0.542. The average molecular weight is 488 g/mol. The topological polar surface area (TPSA) is 83.9 Å². The molecule has 0 N–H and O–H groups in total. The first kappa shape index (κ1) is 23.1. The van der Waals surface area contributed by atoms with Crippen molar-refractivity contribution in [3.63, 3.8) is 0 Å². The molecule has 0 spiro atoms. The summed E-state index contributed by atoms with van der Waals surface area (Å²) in [5.41, 5.74) is 1.70. The lowest BCUT2D eigenvalue weighted by molar-refractivity contribution is -0.137. The first-order chi connectivity index (χ1) is 16.8. The lowest BCUT2D eigenvalue weighted by Crippen LogP contribution is -2.49. The Bertz CT molecular complexity index is 1220. The van der Waals surface area contributed by atoms with Crippen LogP contribution in [-0.2, 0) is 10.9 Å². The van der Waals surface area contributed by atoms with E-state index in [-0.39, 0.29) is 12.4 Å². The Morgan fingerprint density at radius 1 is 1.09 bits per heavy atom. The molecule has 0 bridgehead atoms. The fraction of sp³-hybridized carbons (Fsp3) is 0.391. The zero-order valence-corrected chi connectivity index (χ0v) is 18.9. The lowest BCUT2D eigenvalue weighted by Gasteiger charge is -2.36. The number of hydrogen-bond donors (Lipinski definition) is 0. The maximum atomic E-state index is 12.8. The number of piperazine rings is 1. The standard InChI is InChI=1S/C23H23F3N6O3/c1-34-20-5-3-17-21(29-20)18(6-7-27-17)31-10-8-30(9-11-31)13-16-14-32(22(33)35-16)19-4-2-15(12-28-19)23(24,25)26/h2-7,12,16H,8-11,13-14H2,1H3. The number of ether oxygens (including phenoxy) is 2. The van der Waals surface area contributed by atoms with Gasteiger partial charge in [-0.3, -0.25) is 14.8 Å². The highest BCUT2D eigenvalue weighted by Gasteiger charge is 2.36. The smallest absolute Gasteiger partial charge is 0.417 e. The molecule has 0 aliphatic carbocycles. The van der Waals surface area contributed by atoms with Crippen molar-refractivity contribution in [2.24, 2.45) is 0 Å². The lowest BCUT2D eigenvalue weighted by atomic mass is 10.2. The normalized spacial score (nSPS) is 19.3. The largest absolute Gasteiger partial charge is 0.481 e. The molecule has 5 heterocycles. The molecule has 2 fully saturated rings. The summed E-state index contributed by atoms with van der Waals surface area (Å²) in [5, 5.41) is 0. The van der Waals surface area contributed by atoms with Gasteiger partial charge in [-0.15, -0.1) is 0 Å². The van der Waals surface area contributed by atoms with Crippen LogP contribution in [-0.4, -0.2) is 78.4 Å². The molecule has 2 aliphatic heterocycles. The molecule has 0 saturated carbocycles. The highest BCUT2D eigenvalue weighted by molar-refractivity contribution is 5.89. The highest BCUT2D eigenvalue weighted by atomic mass is 19.4. The van der Waals surface area contributed by atoms with Crippen molar-refractivity contribution in [3.05, 3.63) is 48.3 Å². The van der Waals surface area contributed by atoms with Crippen molar-refractivity contribution in [2.75, 3.05) is 56.2 Å². The number of nitrogens with zero attached hydrogens (tertiary/aromatic N) is 6. The van der Waals surface area contributed by atoms with E-state index in [9.17, 15) is 18.0 Å². The molecule has 184 valence electrons. The summed E-state index contributed by atoms with van der Waals surface area (Å²) in [6, 6.07) is 7.71. The molecule has 3 aromatic heterocycles. The number of anilines is 2. The number of methoxy groups -OCH3 is 1. The van der Waals surface area contributed by atoms with E-state index in [1.807, 2.05) is 12.1 Å². The Kier molecular flexibility index (Phi) is 6.05. The molecule has 9 nitrogen and oxygen atoms in total. The summed E-state index contributed by atoms with van der Waals surface area (Å²) in [7, 11) is 1.58. The van der Waals surface area contributed by atoms with E-state index in [0.717, 1.165) is 55.2 Å². The minimum Gasteiger partial charge on any atom is -0.481 e. The number of rotatable bonds is 5. The van der Waals surface area contributed by atoms with E-state index >= 15 is 0 Å². The number of aromatic nitrogens is 3. The van der Waals surface area contributed by atoms with E-state index in [1.165, 1.54) is 11.0 Å². The minimum atomic E-state index is -4.48. The maximum absolute atomic E-state index is 12.8. The second kappa shape index (κ2) is 9.17. The Balaban J connectivity index is 1.19. The van der Waals surface area contributed by atoms with Gasteiger partial charge in [-0.2, -0.15) is 13.2 Å². The maximum Gasteiger partial charge on any atom is 0.417 e. The summed E-state index contributed by atoms with van der Waals surface area (Å²) in [4.78, 5) is 30.8. The second-order valence-corrected chi connectivity index (χ2v) is 8.36. The molecule has 1 unspecified atom stereocenters. The third-order valence-corrected chi connectivity index (χ3v) is 6.15. The Hall–Kier alpha value is -3.67. The van der Waals surface area contributed by atoms with Gasteiger partial charge in [0.15, 0.2) is 0 Å². The predicted octanol–water partition coefficient (Wildman–Crippen LogP) is 3.20. The molecule has 2 saturated heterocycles. The SMILES string of the molecule is COc1ccc2nccc(N3CCN(CC4CN(c5ccc(C(F)(F)F)cn5)C(=O)O4)CC3)c2n1. The van der Waals surface area contributed by atoms with Crippen LogP contribution in [0.3, 0.4) is 0 Å². The summed E-state index contributed by atoms with van der Waals surface area (Å²) in [5.74, 6) is 0.670. The first-order valence-corrected chi connectivity index (χ1v) is 11.1. The number of hydrogen-bond acceptors (Lipinski definition) is 8. The average Bonchev–Trinajstić information content (AvgIpc) is 3.23. The van der Waals surface area contributed by atoms with Crippen molar-refractivity contribution in [3.8, 4) is 5.88 Å². The fourth-order valence-electron chi connectivity index (χ4n) is 4.34. The molecule has 0 radical (unpaired) electrons. The molecule has 0 aromatic carbocycles. The minimum absolute atomic E-state index is 0.141. The van der Waals surface area contributed by atoms with Crippen LogP contribution in [0, 0.1) is 0 Å². The second-order valence-electron chi connectivity index (χ2n) is 8.36. The van der Waals surface area contributed by atoms with Crippen molar-refractivity contribution in [1.29, 1.82) is 0 Å². The van der Waals surface area contributed by atoms with Crippen LogP contribution in [0.4, 0.5) is 29.5 Å². The van der Waals surface area contributed by atoms with Crippen molar-refractivity contribution in [1.82, 2.24) is 19.9 Å². The summed E-state index contributed by atoms with van der Waals surface area (Å²) < 4.78 is 49.1. The molecule has 2 aliphatic rings. The Morgan fingerprint density at radius 3 is 2.57 bits per heavy atom. The number of pyridine rings is 3. The molecular formula is C23H23F3N6O3. The van der Waals surface area contributed by atoms with Crippen molar-refractivity contribution in [2.45, 2.75) is 12.3 Å². The highest BCUT2D eigenvalue weighted by Crippen LogP contribution is 2.30. The van der Waals surface area contributed by atoms with E-state index < -0.39 is 23.9 Å². The van der Waals surface area contributed by atoms with Crippen LogP contribution in [0.15, 0.2) is 42.7 Å². The molecule has 1 amide bonds. The van der Waals surface area contributed by atoms with E-state index in [1.54, 1.807) is 19.4 Å². The van der Waals surface area contributed by atoms with Gasteiger partial charge in [0.05, 0.1) is 30.4 Å². The van der Waals surface area contributed by atoms with E-state index in [2.05, 4.69) is 24.8 Å². The fourth-order valence-corrected chi connectivity index (χ4v) is 4.34. The summed E-state index contributed by atoms with van der Waals surface area (Å²) >= 11 is 0. The van der Waals surface area contributed by atoms with Gasteiger partial charge in [0.25, 0.3) is 0 Å². The molecule has 3 aromatic rings. The number of alkyl halides is 3. The molecule has 35 heavy (non-hydrogen) atoms. The van der Waals surface area contributed by atoms with Crippen LogP contribution in [0.2, 0.25) is 0 Å². The zero-order valence-electron chi connectivity index (χ0n) is 18.9. The predicted molar refractivity (Wildman–Crippen MR) is 122 cm³/mol. The van der Waals surface area contributed by atoms with Crippen LogP contribution in [0.25, 0.3) is 11.0 Å². The van der Waals surface area contributed by atoms with Gasteiger partial charge >= 0.3 is 12.3 Å². The molecule has 1 atom stereocenters. The van der Waals surface area contributed by atoms with Crippen LogP contribution in [0.5, 0.6) is 5.88 Å². The summed E-state index contributed by atoms with van der Waals surface area (Å²) in [6.45, 7) is 3.77. The molecule has 12 heteroatoms. The van der Waals surface area contributed by atoms with Gasteiger partial charge in [0.2, 0.25) is 5.88 Å². The first-order valence-electron chi connectivity index (χ1n) is 11.1. The van der Waals surface area contributed by atoms with Crippen LogP contribution >= 0.6 is 0 Å². The van der Waals surface area contributed by atoms with E-state index in [0.29, 0.717) is 12.4 Å². The van der Waals surface area contributed by atoms with Crippen molar-refractivity contribution >= 4 is 28.6 Å². The number of carbonyl (C=O) groups excluding carboxylic acids is 1. The van der Waals surface area contributed by atoms with E-state index in [4.69, 9.17) is 9.47 Å². The third-order valence-electron chi connectivity index (χ3n) is 6.15. The van der Waals surface area contributed by atoms with Crippen molar-refractivity contribution < 1.29 is 27.4 Å². The summed E-state index contributed by atoms with van der Waals surface area (Å²) in [6.07, 6.45) is -3.00. The monoisotopic (exact) mass is 488 g/mol. The van der Waals surface area contributed by atoms with Gasteiger partial charge < -0.3 is 14.4 Å². The molecular weight excluding hydrogens is 465 g/mol. The van der Waals surface area contributed by atoms with Gasteiger partial charge in [-0.1, -0.05) is 0 Å². The number of carbonyl (C=O) groups is 1. The number of cyclic esters (lactones) is 1. The zero-order chi connectivity index (χ0) is 24.6. The molecule has 5 rings (SSSR count). The van der Waals surface area contributed by atoms with Gasteiger partial charge in [-0.05, 0) is 24.3 Å². The number of fused-ring (bicyclic) bond motifs is 1. The van der Waals surface area contributed by atoms with Crippen LogP contribution < -0.4 is 14.5 Å². The third kappa shape index (κ3) is 4.78. The number of amides is 1.